The van der Waals surface area contributed by atoms with E-state index in [-0.39, 0.29) is 36.6 Å². The van der Waals surface area contributed by atoms with E-state index in [0.29, 0.717) is 16.5 Å². The second-order valence-corrected chi connectivity index (χ2v) is 11.3. The van der Waals surface area contributed by atoms with Gasteiger partial charge in [0, 0.05) is 23.6 Å². The first-order valence-electron chi connectivity index (χ1n) is 12.9. The maximum absolute atomic E-state index is 15.8. The number of alkyl halides is 3. The Labute approximate surface area is 224 Å². The molecule has 39 heavy (non-hydrogen) atoms. The third kappa shape index (κ3) is 5.82. The molecule has 1 aromatic heterocycles. The van der Waals surface area contributed by atoms with Crippen molar-refractivity contribution in [3.8, 4) is 0 Å². The van der Waals surface area contributed by atoms with E-state index in [1.165, 1.54) is 0 Å². The number of rotatable bonds is 5. The highest BCUT2D eigenvalue weighted by atomic mass is 19.4. The Morgan fingerprint density at radius 2 is 1.74 bits per heavy atom. The number of para-hydroxylation sites is 1. The molecule has 0 unspecified atom stereocenters. The molecule has 0 radical (unpaired) electrons. The average Bonchev–Trinajstić information content (AvgIpc) is 3.12. The molecule has 0 fully saturated rings. The largest absolute Gasteiger partial charge is 0.443 e. The molecule has 3 atom stereocenters. The third-order valence-electron chi connectivity index (χ3n) is 7.12. The molecule has 0 amide bonds. The lowest BCUT2D eigenvalue weighted by Gasteiger charge is -2.42. The van der Waals surface area contributed by atoms with Crippen LogP contribution in [0.3, 0.4) is 0 Å². The molecule has 1 aliphatic heterocycles. The molecular weight excluding hydrogens is 519 g/mol. The van der Waals surface area contributed by atoms with E-state index < -0.39 is 53.7 Å². The molecule has 212 valence electrons. The highest BCUT2D eigenvalue weighted by molar-refractivity contribution is 5.94. The summed E-state index contributed by atoms with van der Waals surface area (Å²) in [6.45, 7) is 6.62. The van der Waals surface area contributed by atoms with Crippen molar-refractivity contribution >= 4 is 17.0 Å². The number of hydrogen-bond acceptors (Lipinski definition) is 4. The quantitative estimate of drug-likeness (QED) is 0.344. The van der Waals surface area contributed by atoms with Gasteiger partial charge in [0.25, 0.3) is 0 Å². The van der Waals surface area contributed by atoms with Gasteiger partial charge in [0.1, 0.15) is 17.2 Å². The van der Waals surface area contributed by atoms with Crippen LogP contribution in [0.4, 0.5) is 26.7 Å². The number of carbonyl (C=O) groups is 1. The minimum absolute atomic E-state index is 0.0572. The topological polar surface area (TPSA) is 54.7 Å². The Morgan fingerprint density at radius 1 is 1.13 bits per heavy atom. The van der Waals surface area contributed by atoms with Crippen LogP contribution >= 0.6 is 0 Å². The standard InChI is InChI=1S/C29H33F5N2O3/c1-16(10-11-37)18-13-21(30)24(22(31)14-18)26-25-20(12-17(2)35(26)15-29(32,33)34)19-8-6-7-9-23(19)36(25)27(38)39-28(3,4)5/h6-9,13-14,16-17,26,37H,10-12,15H2,1-5H3/t16-,17+,26+/m0/s1. The molecule has 3 aromatic rings. The van der Waals surface area contributed by atoms with Gasteiger partial charge >= 0.3 is 12.3 Å². The normalized spacial score (nSPS) is 19.3. The van der Waals surface area contributed by atoms with Gasteiger partial charge in [-0.1, -0.05) is 25.1 Å². The molecule has 0 saturated carbocycles. The van der Waals surface area contributed by atoms with E-state index in [2.05, 4.69) is 0 Å². The molecule has 0 spiro atoms. The highest BCUT2D eigenvalue weighted by Gasteiger charge is 2.46. The van der Waals surface area contributed by atoms with Crippen molar-refractivity contribution in [2.75, 3.05) is 13.2 Å². The fourth-order valence-corrected chi connectivity index (χ4v) is 5.42. The van der Waals surface area contributed by atoms with Crippen LogP contribution in [0, 0.1) is 11.6 Å². The van der Waals surface area contributed by atoms with Gasteiger partial charge in [-0.05, 0) is 75.8 Å². The monoisotopic (exact) mass is 552 g/mol. The minimum Gasteiger partial charge on any atom is -0.443 e. The lowest BCUT2D eigenvalue weighted by atomic mass is 9.86. The van der Waals surface area contributed by atoms with Crippen LogP contribution in [-0.2, 0) is 11.2 Å². The molecule has 10 heteroatoms. The van der Waals surface area contributed by atoms with Crippen LogP contribution in [0.2, 0.25) is 0 Å². The first-order valence-corrected chi connectivity index (χ1v) is 12.9. The van der Waals surface area contributed by atoms with Gasteiger partial charge in [0.05, 0.1) is 23.8 Å². The van der Waals surface area contributed by atoms with Gasteiger partial charge < -0.3 is 9.84 Å². The number of aliphatic hydroxyl groups is 1. The average molecular weight is 553 g/mol. The van der Waals surface area contributed by atoms with E-state index in [0.717, 1.165) is 21.6 Å². The summed E-state index contributed by atoms with van der Waals surface area (Å²) in [6.07, 6.45) is -5.13. The second kappa shape index (κ2) is 10.5. The van der Waals surface area contributed by atoms with Crippen LogP contribution in [0.5, 0.6) is 0 Å². The third-order valence-corrected chi connectivity index (χ3v) is 7.12. The fourth-order valence-electron chi connectivity index (χ4n) is 5.42. The van der Waals surface area contributed by atoms with Crippen molar-refractivity contribution in [1.82, 2.24) is 9.47 Å². The molecule has 2 aromatic carbocycles. The molecule has 1 aliphatic rings. The summed E-state index contributed by atoms with van der Waals surface area (Å²) in [7, 11) is 0. The Balaban J connectivity index is 2.04. The lowest BCUT2D eigenvalue weighted by Crippen LogP contribution is -2.48. The van der Waals surface area contributed by atoms with E-state index in [9.17, 15) is 23.1 Å². The summed E-state index contributed by atoms with van der Waals surface area (Å²) >= 11 is 0. The van der Waals surface area contributed by atoms with Crippen LogP contribution in [0.15, 0.2) is 36.4 Å². The zero-order chi connectivity index (χ0) is 28.9. The fraction of sp³-hybridized carbons (Fsp3) is 0.483. The molecule has 1 N–H and O–H groups in total. The molecule has 5 nitrogen and oxygen atoms in total. The molecule has 0 bridgehead atoms. The predicted octanol–water partition coefficient (Wildman–Crippen LogP) is 7.09. The van der Waals surface area contributed by atoms with Crippen LogP contribution < -0.4 is 0 Å². The zero-order valence-electron chi connectivity index (χ0n) is 22.6. The van der Waals surface area contributed by atoms with E-state index in [1.54, 1.807) is 58.9 Å². The number of aliphatic hydroxyl groups excluding tert-OH is 1. The smallest absolute Gasteiger partial charge is 0.419 e. The summed E-state index contributed by atoms with van der Waals surface area (Å²) in [5, 5.41) is 9.87. The first-order chi connectivity index (χ1) is 18.1. The summed E-state index contributed by atoms with van der Waals surface area (Å²) in [6, 6.07) is 6.68. The van der Waals surface area contributed by atoms with Crippen molar-refractivity contribution in [3.05, 3.63) is 70.4 Å². The Kier molecular flexibility index (Phi) is 7.84. The number of benzene rings is 2. The van der Waals surface area contributed by atoms with Gasteiger partial charge in [-0.3, -0.25) is 4.90 Å². The zero-order valence-corrected chi connectivity index (χ0v) is 22.6. The van der Waals surface area contributed by atoms with E-state index in [4.69, 9.17) is 4.74 Å². The Bertz CT molecular complexity index is 1350. The maximum atomic E-state index is 15.8. The predicted molar refractivity (Wildman–Crippen MR) is 138 cm³/mol. The van der Waals surface area contributed by atoms with Crippen LogP contribution in [0.25, 0.3) is 10.9 Å². The van der Waals surface area contributed by atoms with Crippen molar-refractivity contribution in [1.29, 1.82) is 0 Å². The summed E-state index contributed by atoms with van der Waals surface area (Å²) in [5.74, 6) is -2.42. The number of hydrogen-bond donors (Lipinski definition) is 1. The van der Waals surface area contributed by atoms with Crippen LogP contribution in [-0.4, -0.2) is 51.6 Å². The number of aromatic nitrogens is 1. The molecular formula is C29H33F5N2O3. The Morgan fingerprint density at radius 3 is 2.31 bits per heavy atom. The highest BCUT2D eigenvalue weighted by Crippen LogP contribution is 2.45. The van der Waals surface area contributed by atoms with Crippen molar-refractivity contribution in [2.45, 2.75) is 77.2 Å². The summed E-state index contributed by atoms with van der Waals surface area (Å²) in [4.78, 5) is 14.5. The van der Waals surface area contributed by atoms with E-state index in [1.807, 2.05) is 0 Å². The van der Waals surface area contributed by atoms with Gasteiger partial charge in [-0.15, -0.1) is 0 Å². The van der Waals surface area contributed by atoms with Gasteiger partial charge in [0.2, 0.25) is 0 Å². The molecule has 2 heterocycles. The van der Waals surface area contributed by atoms with Crippen molar-refractivity contribution in [2.24, 2.45) is 0 Å². The van der Waals surface area contributed by atoms with Gasteiger partial charge in [0.15, 0.2) is 0 Å². The lowest BCUT2D eigenvalue weighted by molar-refractivity contribution is -0.155. The van der Waals surface area contributed by atoms with Crippen molar-refractivity contribution in [3.63, 3.8) is 0 Å². The number of fused-ring (bicyclic) bond motifs is 3. The molecule has 0 aliphatic carbocycles. The second-order valence-electron chi connectivity index (χ2n) is 11.3. The van der Waals surface area contributed by atoms with E-state index >= 15 is 8.78 Å². The molecule has 4 rings (SSSR count). The Hall–Kier alpha value is -2.98. The minimum atomic E-state index is -4.67. The SMILES string of the molecule is C[C@@H]1Cc2c(n(C(=O)OC(C)(C)C)c3ccccc23)[C@@H](c2c(F)cc([C@@H](C)CCO)cc2F)N1CC(F)(F)F. The number of nitrogens with zero attached hydrogens (tertiary/aromatic N) is 2. The first kappa shape index (κ1) is 29.0. The number of ether oxygens (including phenoxy) is 1. The summed E-state index contributed by atoms with van der Waals surface area (Å²) < 4.78 is 80.1. The maximum Gasteiger partial charge on any atom is 0.419 e. The van der Waals surface area contributed by atoms with Crippen LogP contribution in [0.1, 0.15) is 75.4 Å². The van der Waals surface area contributed by atoms with Gasteiger partial charge in [-0.2, -0.15) is 13.2 Å². The molecule has 0 saturated heterocycles. The number of halogens is 5. The summed E-state index contributed by atoms with van der Waals surface area (Å²) in [5.41, 5.74) is -0.233. The number of carbonyl (C=O) groups excluding carboxylic acids is 1. The van der Waals surface area contributed by atoms with Crippen molar-refractivity contribution < 1.29 is 36.6 Å². The van der Waals surface area contributed by atoms with Gasteiger partial charge in [-0.25, -0.2) is 18.1 Å².